The van der Waals surface area contributed by atoms with Gasteiger partial charge >= 0.3 is 0 Å². The zero-order valence-corrected chi connectivity index (χ0v) is 12.7. The van der Waals surface area contributed by atoms with Crippen LogP contribution in [0.25, 0.3) is 0 Å². The lowest BCUT2D eigenvalue weighted by atomic mass is 9.97. The number of carbonyl (C=O) groups is 1. The molecule has 2 heterocycles. The molecule has 21 heavy (non-hydrogen) atoms. The monoisotopic (exact) mass is 284 g/mol. The van der Waals surface area contributed by atoms with E-state index in [1.165, 1.54) is 16.7 Å². The lowest BCUT2D eigenvalue weighted by molar-refractivity contribution is 0.0724. The first-order chi connectivity index (χ1) is 10.1. The molecule has 0 N–H and O–H groups in total. The van der Waals surface area contributed by atoms with Crippen LogP contribution >= 0.6 is 0 Å². The third-order valence-corrected chi connectivity index (χ3v) is 4.24. The Bertz CT molecular complexity index is 677. The second-order valence-corrected chi connectivity index (χ2v) is 5.76. The van der Waals surface area contributed by atoms with Gasteiger partial charge in [0.25, 0.3) is 5.91 Å². The lowest BCUT2D eigenvalue weighted by Gasteiger charge is -2.26. The van der Waals surface area contributed by atoms with Crippen LogP contribution in [0.3, 0.4) is 0 Å². The quantitative estimate of drug-likeness (QED) is 0.851. The number of hydrogen-bond donors (Lipinski definition) is 0. The van der Waals surface area contributed by atoms with Gasteiger partial charge in [0.15, 0.2) is 0 Å². The number of carbonyl (C=O) groups excluding carboxylic acids is 1. The molecule has 0 unspecified atom stereocenters. The number of rotatable bonds is 2. The molecule has 0 bridgehead atoms. The zero-order valence-electron chi connectivity index (χ0n) is 12.7. The SMILES string of the molecule is Cc1ccc(C)c([C@H]2CCCN2C(=O)c2cnnn2C)c1. The van der Waals surface area contributed by atoms with Gasteiger partial charge in [-0.15, -0.1) is 5.10 Å². The molecule has 1 atom stereocenters. The number of amides is 1. The van der Waals surface area contributed by atoms with E-state index in [0.717, 1.165) is 19.4 Å². The molecule has 0 radical (unpaired) electrons. The van der Waals surface area contributed by atoms with Gasteiger partial charge in [-0.2, -0.15) is 0 Å². The van der Waals surface area contributed by atoms with Crippen molar-refractivity contribution >= 4 is 5.91 Å². The van der Waals surface area contributed by atoms with E-state index in [-0.39, 0.29) is 11.9 Å². The summed E-state index contributed by atoms with van der Waals surface area (Å²) in [6.45, 7) is 5.00. The third kappa shape index (κ3) is 2.44. The number of benzene rings is 1. The molecule has 1 amide bonds. The van der Waals surface area contributed by atoms with Crippen LogP contribution in [0.15, 0.2) is 24.4 Å². The van der Waals surface area contributed by atoms with E-state index in [4.69, 9.17) is 0 Å². The summed E-state index contributed by atoms with van der Waals surface area (Å²) in [4.78, 5) is 14.7. The molecular formula is C16H20N4O. The molecule has 5 nitrogen and oxygen atoms in total. The first-order valence-corrected chi connectivity index (χ1v) is 7.30. The normalized spacial score (nSPS) is 18.2. The molecule has 0 saturated carbocycles. The van der Waals surface area contributed by atoms with Gasteiger partial charge in [-0.25, -0.2) is 4.68 Å². The summed E-state index contributed by atoms with van der Waals surface area (Å²) < 4.78 is 1.54. The summed E-state index contributed by atoms with van der Waals surface area (Å²) >= 11 is 0. The van der Waals surface area contributed by atoms with Crippen molar-refractivity contribution in [3.05, 3.63) is 46.8 Å². The molecule has 1 aromatic carbocycles. The van der Waals surface area contributed by atoms with Crippen LogP contribution in [-0.4, -0.2) is 32.3 Å². The minimum atomic E-state index is 0.0194. The topological polar surface area (TPSA) is 51.0 Å². The maximum atomic E-state index is 12.7. The fraction of sp³-hybridized carbons (Fsp3) is 0.438. The molecule has 1 aliphatic heterocycles. The zero-order chi connectivity index (χ0) is 15.0. The largest absolute Gasteiger partial charge is 0.330 e. The molecule has 1 fully saturated rings. The Morgan fingerprint density at radius 1 is 1.33 bits per heavy atom. The van der Waals surface area contributed by atoms with Gasteiger partial charge in [0.2, 0.25) is 0 Å². The van der Waals surface area contributed by atoms with E-state index in [9.17, 15) is 4.79 Å². The minimum absolute atomic E-state index is 0.0194. The second kappa shape index (κ2) is 5.31. The Morgan fingerprint density at radius 3 is 2.86 bits per heavy atom. The molecule has 3 rings (SSSR count). The first kappa shape index (κ1) is 13.8. The highest BCUT2D eigenvalue weighted by atomic mass is 16.2. The van der Waals surface area contributed by atoms with E-state index >= 15 is 0 Å². The van der Waals surface area contributed by atoms with Crippen LogP contribution in [0.2, 0.25) is 0 Å². The van der Waals surface area contributed by atoms with Crippen LogP contribution < -0.4 is 0 Å². The molecule has 1 saturated heterocycles. The van der Waals surface area contributed by atoms with Crippen molar-refractivity contribution in [2.75, 3.05) is 6.54 Å². The highest BCUT2D eigenvalue weighted by Crippen LogP contribution is 2.35. The molecule has 1 aliphatic rings. The molecule has 110 valence electrons. The van der Waals surface area contributed by atoms with Crippen LogP contribution in [-0.2, 0) is 7.05 Å². The highest BCUT2D eigenvalue weighted by Gasteiger charge is 2.32. The molecule has 0 aliphatic carbocycles. The molecule has 5 heteroatoms. The van der Waals surface area contributed by atoms with Gasteiger partial charge in [0.05, 0.1) is 12.2 Å². The highest BCUT2D eigenvalue weighted by molar-refractivity contribution is 5.92. The molecule has 2 aromatic rings. The fourth-order valence-electron chi connectivity index (χ4n) is 3.08. The van der Waals surface area contributed by atoms with E-state index in [1.54, 1.807) is 17.9 Å². The van der Waals surface area contributed by atoms with Crippen LogP contribution in [0, 0.1) is 13.8 Å². The van der Waals surface area contributed by atoms with E-state index < -0.39 is 0 Å². The number of likely N-dealkylation sites (tertiary alicyclic amines) is 1. The number of aromatic nitrogens is 3. The first-order valence-electron chi connectivity index (χ1n) is 7.30. The van der Waals surface area contributed by atoms with Gasteiger partial charge < -0.3 is 4.90 Å². The average Bonchev–Trinajstić information content (AvgIpc) is 3.09. The van der Waals surface area contributed by atoms with Gasteiger partial charge in [-0.05, 0) is 37.8 Å². The summed E-state index contributed by atoms with van der Waals surface area (Å²) in [7, 11) is 1.75. The van der Waals surface area contributed by atoms with Crippen molar-refractivity contribution in [2.24, 2.45) is 7.05 Å². The van der Waals surface area contributed by atoms with Gasteiger partial charge in [0.1, 0.15) is 5.69 Å². The van der Waals surface area contributed by atoms with E-state index in [2.05, 4.69) is 42.4 Å². The van der Waals surface area contributed by atoms with Crippen molar-refractivity contribution in [2.45, 2.75) is 32.7 Å². The Hall–Kier alpha value is -2.17. The summed E-state index contributed by atoms with van der Waals surface area (Å²) in [5, 5.41) is 7.67. The van der Waals surface area contributed by atoms with E-state index in [1.807, 2.05) is 4.90 Å². The Kier molecular flexibility index (Phi) is 3.49. The lowest BCUT2D eigenvalue weighted by Crippen LogP contribution is -2.32. The van der Waals surface area contributed by atoms with Gasteiger partial charge in [-0.1, -0.05) is 29.0 Å². The van der Waals surface area contributed by atoms with Crippen LogP contribution in [0.4, 0.5) is 0 Å². The molecular weight excluding hydrogens is 264 g/mol. The number of aryl methyl sites for hydroxylation is 3. The molecule has 1 aromatic heterocycles. The summed E-state index contributed by atoms with van der Waals surface area (Å²) in [6.07, 6.45) is 3.59. The van der Waals surface area contributed by atoms with Crippen LogP contribution in [0.1, 0.15) is 46.1 Å². The third-order valence-electron chi connectivity index (χ3n) is 4.24. The van der Waals surface area contributed by atoms with Crippen molar-refractivity contribution in [3.63, 3.8) is 0 Å². The maximum Gasteiger partial charge on any atom is 0.274 e. The summed E-state index contributed by atoms with van der Waals surface area (Å²) in [5.41, 5.74) is 4.29. The predicted octanol–water partition coefficient (Wildman–Crippen LogP) is 2.41. The average molecular weight is 284 g/mol. The molecule has 0 spiro atoms. The van der Waals surface area contributed by atoms with Crippen molar-refractivity contribution in [1.82, 2.24) is 19.9 Å². The summed E-state index contributed by atoms with van der Waals surface area (Å²) in [6, 6.07) is 6.61. The van der Waals surface area contributed by atoms with Gasteiger partial charge in [0, 0.05) is 13.6 Å². The number of nitrogens with zero attached hydrogens (tertiary/aromatic N) is 4. The standard InChI is InChI=1S/C16H20N4O/c1-11-6-7-12(2)13(9-11)14-5-4-8-20(14)16(21)15-10-17-18-19(15)3/h6-7,9-10,14H,4-5,8H2,1-3H3/t14-/m1/s1. The fourth-order valence-corrected chi connectivity index (χ4v) is 3.08. The summed E-state index contributed by atoms with van der Waals surface area (Å²) in [5.74, 6) is 0.0194. The van der Waals surface area contributed by atoms with Crippen molar-refractivity contribution < 1.29 is 4.79 Å². The van der Waals surface area contributed by atoms with Gasteiger partial charge in [-0.3, -0.25) is 4.79 Å². The van der Waals surface area contributed by atoms with Crippen molar-refractivity contribution in [1.29, 1.82) is 0 Å². The van der Waals surface area contributed by atoms with Crippen LogP contribution in [0.5, 0.6) is 0 Å². The smallest absolute Gasteiger partial charge is 0.274 e. The van der Waals surface area contributed by atoms with E-state index in [0.29, 0.717) is 5.69 Å². The maximum absolute atomic E-state index is 12.7. The predicted molar refractivity (Wildman–Crippen MR) is 79.9 cm³/mol. The Balaban J connectivity index is 1.94. The van der Waals surface area contributed by atoms with Crippen molar-refractivity contribution in [3.8, 4) is 0 Å². The Labute approximate surface area is 124 Å². The number of hydrogen-bond acceptors (Lipinski definition) is 3. The second-order valence-electron chi connectivity index (χ2n) is 5.76. The Morgan fingerprint density at radius 2 is 2.14 bits per heavy atom. The minimum Gasteiger partial charge on any atom is -0.330 e.